The molecule has 14 heavy (non-hydrogen) atoms. The lowest BCUT2D eigenvalue weighted by Crippen LogP contribution is -2.00. The number of rotatable bonds is 2. The summed E-state index contributed by atoms with van der Waals surface area (Å²) in [6.07, 6.45) is 1.17. The van der Waals surface area contributed by atoms with E-state index < -0.39 is 11.8 Å². The van der Waals surface area contributed by atoms with Crippen molar-refractivity contribution >= 4 is 12.0 Å². The van der Waals surface area contributed by atoms with Crippen molar-refractivity contribution in [2.75, 3.05) is 7.11 Å². The van der Waals surface area contributed by atoms with E-state index in [-0.39, 0.29) is 0 Å². The lowest BCUT2D eigenvalue weighted by atomic mass is 10.1. The predicted octanol–water partition coefficient (Wildman–Crippen LogP) is 2.48. The molecule has 0 spiro atoms. The van der Waals surface area contributed by atoms with Gasteiger partial charge in [0.05, 0.1) is 7.11 Å². The van der Waals surface area contributed by atoms with Gasteiger partial charge in [0.15, 0.2) is 0 Å². The topological polar surface area (TPSA) is 26.3 Å². The third kappa shape index (κ3) is 2.42. The fourth-order valence-electron chi connectivity index (χ4n) is 1.04. The van der Waals surface area contributed by atoms with Crippen molar-refractivity contribution in [2.45, 2.75) is 6.92 Å². The zero-order valence-electron chi connectivity index (χ0n) is 8.08. The summed E-state index contributed by atoms with van der Waals surface area (Å²) in [6, 6.07) is 7.21. The molecule has 0 bridgehead atoms. The first-order valence-electron chi connectivity index (χ1n) is 4.16. The molecule has 0 aliphatic rings. The van der Waals surface area contributed by atoms with Crippen molar-refractivity contribution in [3.8, 4) is 0 Å². The Labute approximate surface area is 82.0 Å². The lowest BCUT2D eigenvalue weighted by Gasteiger charge is -1.99. The minimum atomic E-state index is -0.951. The monoisotopic (exact) mass is 194 g/mol. The molecule has 0 N–H and O–H groups in total. The first-order valence-corrected chi connectivity index (χ1v) is 4.16. The van der Waals surface area contributed by atoms with E-state index >= 15 is 0 Å². The third-order valence-corrected chi connectivity index (χ3v) is 1.85. The molecule has 1 aromatic carbocycles. The Bertz CT molecular complexity index is 369. The minimum Gasteiger partial charge on any atom is -0.464 e. The third-order valence-electron chi connectivity index (χ3n) is 1.85. The van der Waals surface area contributed by atoms with Crippen molar-refractivity contribution in [3.05, 3.63) is 41.2 Å². The van der Waals surface area contributed by atoms with E-state index in [0.29, 0.717) is 5.56 Å². The van der Waals surface area contributed by atoms with Crippen LogP contribution >= 0.6 is 0 Å². The molecule has 0 radical (unpaired) electrons. The fourth-order valence-corrected chi connectivity index (χ4v) is 1.04. The molecule has 0 fully saturated rings. The second-order valence-electron chi connectivity index (χ2n) is 2.84. The highest BCUT2D eigenvalue weighted by Crippen LogP contribution is 2.13. The average molecular weight is 194 g/mol. The summed E-state index contributed by atoms with van der Waals surface area (Å²) < 4.78 is 17.3. The molecule has 74 valence electrons. The summed E-state index contributed by atoms with van der Waals surface area (Å²) in [5, 5.41) is 0. The van der Waals surface area contributed by atoms with Crippen LogP contribution in [0.25, 0.3) is 6.08 Å². The second kappa shape index (κ2) is 4.56. The number of aryl methyl sites for hydroxylation is 1. The van der Waals surface area contributed by atoms with Crippen molar-refractivity contribution in [1.82, 2.24) is 0 Å². The van der Waals surface area contributed by atoms with Crippen LogP contribution in [-0.2, 0) is 9.53 Å². The Balaban J connectivity index is 2.97. The van der Waals surface area contributed by atoms with E-state index in [1.807, 2.05) is 19.1 Å². The Kier molecular flexibility index (Phi) is 3.40. The average Bonchev–Trinajstić information content (AvgIpc) is 2.20. The first kappa shape index (κ1) is 10.4. The molecular weight excluding hydrogens is 183 g/mol. The summed E-state index contributed by atoms with van der Waals surface area (Å²) in [6.45, 7) is 1.84. The fraction of sp³-hybridized carbons (Fsp3) is 0.182. The summed E-state index contributed by atoms with van der Waals surface area (Å²) in [7, 11) is 1.15. The number of hydrogen-bond donors (Lipinski definition) is 0. The van der Waals surface area contributed by atoms with Gasteiger partial charge in [0.1, 0.15) is 0 Å². The predicted molar refractivity (Wildman–Crippen MR) is 52.3 cm³/mol. The van der Waals surface area contributed by atoms with E-state index in [1.54, 1.807) is 12.1 Å². The number of carbonyl (C=O) groups is 1. The van der Waals surface area contributed by atoms with Crippen LogP contribution < -0.4 is 0 Å². The Morgan fingerprint density at radius 1 is 1.43 bits per heavy atom. The number of carbonyl (C=O) groups excluding carboxylic acids is 1. The Morgan fingerprint density at radius 2 is 2.07 bits per heavy atom. The Hall–Kier alpha value is -1.64. The normalized spacial score (nSPS) is 11.2. The van der Waals surface area contributed by atoms with Crippen LogP contribution in [0.3, 0.4) is 0 Å². The number of benzene rings is 1. The maximum absolute atomic E-state index is 13.0. The first-order chi connectivity index (χ1) is 6.65. The molecule has 1 rings (SSSR count). The van der Waals surface area contributed by atoms with Crippen molar-refractivity contribution in [3.63, 3.8) is 0 Å². The zero-order valence-corrected chi connectivity index (χ0v) is 8.08. The van der Waals surface area contributed by atoms with Crippen LogP contribution in [0.2, 0.25) is 0 Å². The van der Waals surface area contributed by atoms with E-state index in [2.05, 4.69) is 4.74 Å². The molecule has 0 saturated heterocycles. The molecule has 0 atom stereocenters. The smallest absolute Gasteiger partial charge is 0.366 e. The molecule has 3 heteroatoms. The van der Waals surface area contributed by atoms with Crippen molar-refractivity contribution < 1.29 is 13.9 Å². The molecule has 0 saturated carbocycles. The number of ether oxygens (including phenoxy) is 1. The van der Waals surface area contributed by atoms with Gasteiger partial charge in [-0.1, -0.05) is 24.3 Å². The van der Waals surface area contributed by atoms with E-state index in [0.717, 1.165) is 12.7 Å². The zero-order chi connectivity index (χ0) is 10.6. The van der Waals surface area contributed by atoms with Crippen molar-refractivity contribution in [1.29, 1.82) is 0 Å². The van der Waals surface area contributed by atoms with Gasteiger partial charge in [0.25, 0.3) is 0 Å². The van der Waals surface area contributed by atoms with Crippen molar-refractivity contribution in [2.24, 2.45) is 0 Å². The van der Waals surface area contributed by atoms with Gasteiger partial charge in [0.2, 0.25) is 5.83 Å². The molecule has 0 heterocycles. The maximum atomic E-state index is 13.0. The van der Waals surface area contributed by atoms with E-state index in [4.69, 9.17) is 0 Å². The standard InChI is InChI=1S/C11H11FO2/c1-8-5-3-4-6-9(8)7-10(12)11(13)14-2/h3-7H,1-2H3/b10-7-. The van der Waals surface area contributed by atoms with Gasteiger partial charge in [-0.25, -0.2) is 4.79 Å². The van der Waals surface area contributed by atoms with E-state index in [1.165, 1.54) is 6.08 Å². The highest BCUT2D eigenvalue weighted by Gasteiger charge is 2.08. The van der Waals surface area contributed by atoms with Crippen LogP contribution in [0.4, 0.5) is 4.39 Å². The molecule has 0 amide bonds. The second-order valence-corrected chi connectivity index (χ2v) is 2.84. The quantitative estimate of drug-likeness (QED) is 0.534. The molecule has 1 aromatic rings. The van der Waals surface area contributed by atoms with Gasteiger partial charge in [-0.05, 0) is 24.1 Å². The van der Waals surface area contributed by atoms with Gasteiger partial charge in [-0.2, -0.15) is 4.39 Å². The summed E-state index contributed by atoms with van der Waals surface area (Å²) >= 11 is 0. The van der Waals surface area contributed by atoms with Gasteiger partial charge in [0, 0.05) is 0 Å². The lowest BCUT2D eigenvalue weighted by molar-refractivity contribution is -0.137. The molecule has 0 unspecified atom stereocenters. The van der Waals surface area contributed by atoms with Gasteiger partial charge >= 0.3 is 5.97 Å². The number of methoxy groups -OCH3 is 1. The largest absolute Gasteiger partial charge is 0.464 e. The van der Waals surface area contributed by atoms with Crippen LogP contribution in [-0.4, -0.2) is 13.1 Å². The molecule has 0 aromatic heterocycles. The minimum absolute atomic E-state index is 0.676. The number of hydrogen-bond acceptors (Lipinski definition) is 2. The highest BCUT2D eigenvalue weighted by atomic mass is 19.1. The van der Waals surface area contributed by atoms with Crippen LogP contribution in [0.5, 0.6) is 0 Å². The van der Waals surface area contributed by atoms with Crippen LogP contribution in [0.1, 0.15) is 11.1 Å². The summed E-state index contributed by atoms with van der Waals surface area (Å²) in [5.41, 5.74) is 1.59. The van der Waals surface area contributed by atoms with Crippen LogP contribution in [0, 0.1) is 6.92 Å². The molecule has 2 nitrogen and oxygen atoms in total. The van der Waals surface area contributed by atoms with Gasteiger partial charge in [-0.15, -0.1) is 0 Å². The van der Waals surface area contributed by atoms with Gasteiger partial charge in [-0.3, -0.25) is 0 Å². The number of halogens is 1. The summed E-state index contributed by atoms with van der Waals surface area (Å²) in [5.74, 6) is -1.84. The van der Waals surface area contributed by atoms with E-state index in [9.17, 15) is 9.18 Å². The molecule has 0 aliphatic carbocycles. The highest BCUT2D eigenvalue weighted by molar-refractivity contribution is 5.91. The summed E-state index contributed by atoms with van der Waals surface area (Å²) in [4.78, 5) is 10.8. The Morgan fingerprint density at radius 3 is 2.64 bits per heavy atom. The maximum Gasteiger partial charge on any atom is 0.366 e. The number of esters is 1. The SMILES string of the molecule is COC(=O)/C(F)=C/c1ccccc1C. The van der Waals surface area contributed by atoms with Gasteiger partial charge < -0.3 is 4.74 Å². The van der Waals surface area contributed by atoms with Crippen LogP contribution in [0.15, 0.2) is 30.1 Å². The molecule has 0 aliphatic heterocycles. The molecular formula is C11H11FO2.